The number of hydrogen-bond donors (Lipinski definition) is 1. The van der Waals surface area contributed by atoms with Crippen LogP contribution in [0.15, 0.2) is 12.3 Å². The average Bonchev–Trinajstić information content (AvgIpc) is 2.97. The first-order valence-corrected chi connectivity index (χ1v) is 8.27. The van der Waals surface area contributed by atoms with Crippen molar-refractivity contribution in [1.29, 1.82) is 0 Å². The molecule has 1 aromatic rings. The van der Waals surface area contributed by atoms with Gasteiger partial charge in [0.1, 0.15) is 0 Å². The Balaban J connectivity index is 1.47. The first-order chi connectivity index (χ1) is 9.81. The van der Waals surface area contributed by atoms with Crippen LogP contribution in [0, 0.1) is 0 Å². The molecule has 20 heavy (non-hydrogen) atoms. The molecule has 0 spiro atoms. The van der Waals surface area contributed by atoms with Gasteiger partial charge in [-0.2, -0.15) is 5.10 Å². The van der Waals surface area contributed by atoms with Gasteiger partial charge in [-0.15, -0.1) is 0 Å². The van der Waals surface area contributed by atoms with Crippen molar-refractivity contribution in [3.8, 4) is 0 Å². The summed E-state index contributed by atoms with van der Waals surface area (Å²) in [6, 6.07) is 3.52. The number of likely N-dealkylation sites (tertiary alicyclic amines) is 1. The van der Waals surface area contributed by atoms with Crippen LogP contribution in [0.4, 0.5) is 0 Å². The maximum atomic E-state index is 4.78. The highest BCUT2D eigenvalue weighted by Crippen LogP contribution is 2.27. The predicted molar refractivity (Wildman–Crippen MR) is 81.7 cm³/mol. The van der Waals surface area contributed by atoms with Gasteiger partial charge in [0.05, 0.1) is 11.7 Å². The summed E-state index contributed by atoms with van der Waals surface area (Å²) in [5, 5.41) is 8.45. The van der Waals surface area contributed by atoms with E-state index in [0.717, 1.165) is 6.54 Å². The summed E-state index contributed by atoms with van der Waals surface area (Å²) in [6.45, 7) is 3.36. The standard InChI is InChI=1S/C16H28N4/c1-19-10-7-14(8-11-19)17-13-15-9-12-20(18-15)16-5-3-2-4-6-16/h9,12,14,16-17H,2-8,10-11,13H2,1H3. The van der Waals surface area contributed by atoms with Gasteiger partial charge in [0, 0.05) is 18.8 Å². The molecule has 1 aliphatic heterocycles. The fraction of sp³-hybridized carbons (Fsp3) is 0.812. The molecule has 0 radical (unpaired) electrons. The normalized spacial score (nSPS) is 23.2. The molecule has 0 aromatic carbocycles. The largest absolute Gasteiger partial charge is 0.308 e. The van der Waals surface area contributed by atoms with Gasteiger partial charge in [0.2, 0.25) is 0 Å². The highest BCUT2D eigenvalue weighted by atomic mass is 15.3. The monoisotopic (exact) mass is 276 g/mol. The Morgan fingerprint density at radius 2 is 1.90 bits per heavy atom. The van der Waals surface area contributed by atoms with Crippen molar-refractivity contribution in [3.63, 3.8) is 0 Å². The fourth-order valence-corrected chi connectivity index (χ4v) is 3.48. The summed E-state index contributed by atoms with van der Waals surface area (Å²) >= 11 is 0. The Hall–Kier alpha value is -0.870. The third kappa shape index (κ3) is 3.61. The maximum absolute atomic E-state index is 4.78. The molecular formula is C16H28N4. The van der Waals surface area contributed by atoms with Crippen LogP contribution in [-0.4, -0.2) is 40.9 Å². The summed E-state index contributed by atoms with van der Waals surface area (Å²) in [5.74, 6) is 0. The van der Waals surface area contributed by atoms with E-state index >= 15 is 0 Å². The van der Waals surface area contributed by atoms with E-state index in [9.17, 15) is 0 Å². The fourth-order valence-electron chi connectivity index (χ4n) is 3.48. The number of nitrogens with one attached hydrogen (secondary N) is 1. The van der Waals surface area contributed by atoms with E-state index in [0.29, 0.717) is 12.1 Å². The molecule has 1 N–H and O–H groups in total. The van der Waals surface area contributed by atoms with Crippen LogP contribution < -0.4 is 5.32 Å². The maximum Gasteiger partial charge on any atom is 0.0762 e. The molecule has 3 rings (SSSR count). The summed E-state index contributed by atoms with van der Waals surface area (Å²) in [6.07, 6.45) is 11.5. The van der Waals surface area contributed by atoms with Gasteiger partial charge >= 0.3 is 0 Å². The molecule has 0 bridgehead atoms. The van der Waals surface area contributed by atoms with Gasteiger partial charge in [-0.3, -0.25) is 4.68 Å². The summed E-state index contributed by atoms with van der Waals surface area (Å²) in [5.41, 5.74) is 1.20. The van der Waals surface area contributed by atoms with Gasteiger partial charge in [0.25, 0.3) is 0 Å². The summed E-state index contributed by atoms with van der Waals surface area (Å²) in [7, 11) is 2.21. The van der Waals surface area contributed by atoms with Gasteiger partial charge in [-0.25, -0.2) is 0 Å². The lowest BCUT2D eigenvalue weighted by atomic mass is 9.96. The number of aromatic nitrogens is 2. The molecule has 2 heterocycles. The molecule has 2 aliphatic rings. The van der Waals surface area contributed by atoms with Crippen molar-refractivity contribution in [2.24, 2.45) is 0 Å². The lowest BCUT2D eigenvalue weighted by molar-refractivity contribution is 0.233. The molecule has 1 saturated heterocycles. The van der Waals surface area contributed by atoms with E-state index in [4.69, 9.17) is 5.10 Å². The van der Waals surface area contributed by atoms with E-state index in [1.165, 1.54) is 63.7 Å². The third-order valence-corrected chi connectivity index (χ3v) is 4.90. The van der Waals surface area contributed by atoms with Crippen LogP contribution in [0.3, 0.4) is 0 Å². The highest BCUT2D eigenvalue weighted by Gasteiger charge is 2.18. The minimum Gasteiger partial charge on any atom is -0.308 e. The van der Waals surface area contributed by atoms with Crippen molar-refractivity contribution >= 4 is 0 Å². The molecule has 1 aliphatic carbocycles. The second kappa shape index (κ2) is 6.72. The minimum absolute atomic E-state index is 0.654. The molecule has 4 nitrogen and oxygen atoms in total. The van der Waals surface area contributed by atoms with Crippen molar-refractivity contribution in [3.05, 3.63) is 18.0 Å². The van der Waals surface area contributed by atoms with Crippen LogP contribution in [-0.2, 0) is 6.54 Å². The first-order valence-electron chi connectivity index (χ1n) is 8.27. The molecule has 1 aromatic heterocycles. The third-order valence-electron chi connectivity index (χ3n) is 4.90. The molecule has 0 amide bonds. The second-order valence-corrected chi connectivity index (χ2v) is 6.54. The number of nitrogens with zero attached hydrogens (tertiary/aromatic N) is 3. The minimum atomic E-state index is 0.654. The van der Waals surface area contributed by atoms with Crippen molar-refractivity contribution < 1.29 is 0 Å². The molecule has 2 fully saturated rings. The quantitative estimate of drug-likeness (QED) is 0.917. The molecular weight excluding hydrogens is 248 g/mol. The first kappa shape index (κ1) is 14.1. The zero-order chi connectivity index (χ0) is 13.8. The Morgan fingerprint density at radius 1 is 1.15 bits per heavy atom. The highest BCUT2D eigenvalue weighted by molar-refractivity contribution is 5.00. The van der Waals surface area contributed by atoms with Crippen LogP contribution in [0.2, 0.25) is 0 Å². The smallest absolute Gasteiger partial charge is 0.0762 e. The van der Waals surface area contributed by atoms with Crippen LogP contribution in [0.5, 0.6) is 0 Å². The van der Waals surface area contributed by atoms with Crippen molar-refractivity contribution in [2.45, 2.75) is 63.6 Å². The van der Waals surface area contributed by atoms with Crippen molar-refractivity contribution in [2.75, 3.05) is 20.1 Å². The lowest BCUT2D eigenvalue weighted by Crippen LogP contribution is -2.40. The topological polar surface area (TPSA) is 33.1 Å². The molecule has 0 unspecified atom stereocenters. The molecule has 112 valence electrons. The van der Waals surface area contributed by atoms with E-state index in [1.54, 1.807) is 0 Å². The lowest BCUT2D eigenvalue weighted by Gasteiger charge is -2.29. The van der Waals surface area contributed by atoms with E-state index in [2.05, 4.69) is 34.2 Å². The van der Waals surface area contributed by atoms with Gasteiger partial charge < -0.3 is 10.2 Å². The molecule has 1 saturated carbocycles. The average molecular weight is 276 g/mol. The Morgan fingerprint density at radius 3 is 2.65 bits per heavy atom. The van der Waals surface area contributed by atoms with Gasteiger partial charge in [0.15, 0.2) is 0 Å². The Kier molecular flexibility index (Phi) is 4.73. The number of piperidine rings is 1. The molecule has 4 heteroatoms. The van der Waals surface area contributed by atoms with Crippen molar-refractivity contribution in [1.82, 2.24) is 20.0 Å². The van der Waals surface area contributed by atoms with E-state index < -0.39 is 0 Å². The number of hydrogen-bond acceptors (Lipinski definition) is 3. The van der Waals surface area contributed by atoms with Crippen LogP contribution in [0.1, 0.15) is 56.7 Å². The summed E-state index contributed by atoms with van der Waals surface area (Å²) in [4.78, 5) is 2.41. The zero-order valence-corrected chi connectivity index (χ0v) is 12.7. The zero-order valence-electron chi connectivity index (χ0n) is 12.7. The summed E-state index contributed by atoms with van der Waals surface area (Å²) < 4.78 is 2.21. The van der Waals surface area contributed by atoms with E-state index in [-0.39, 0.29) is 0 Å². The second-order valence-electron chi connectivity index (χ2n) is 6.54. The van der Waals surface area contributed by atoms with E-state index in [1.807, 2.05) is 0 Å². The van der Waals surface area contributed by atoms with Gasteiger partial charge in [-0.1, -0.05) is 19.3 Å². The van der Waals surface area contributed by atoms with Crippen LogP contribution in [0.25, 0.3) is 0 Å². The SMILES string of the molecule is CN1CCC(NCc2ccn(C3CCCCC3)n2)CC1. The predicted octanol–water partition coefficient (Wildman–Crippen LogP) is 2.57. The Bertz CT molecular complexity index is 400. The Labute approximate surface area is 122 Å². The molecule has 0 atom stereocenters. The van der Waals surface area contributed by atoms with Crippen LogP contribution >= 0.6 is 0 Å². The van der Waals surface area contributed by atoms with Gasteiger partial charge in [-0.05, 0) is 51.9 Å². The number of rotatable bonds is 4.